The third-order valence-corrected chi connectivity index (χ3v) is 3.12. The molecule has 1 amide bonds. The average molecular weight is 305 g/mol. The Labute approximate surface area is 126 Å². The number of carbonyl (C=O) groups is 2. The molecule has 7 heteroatoms. The van der Waals surface area contributed by atoms with Crippen LogP contribution < -0.4 is 5.32 Å². The zero-order valence-corrected chi connectivity index (χ0v) is 12.0. The number of carboxylic acid groups (broad SMARTS) is 1. The summed E-state index contributed by atoms with van der Waals surface area (Å²) in [7, 11) is 0. The van der Waals surface area contributed by atoms with Gasteiger partial charge in [-0.3, -0.25) is 14.3 Å². The fraction of sp³-hybridized carbons (Fsp3) is 0.267. The minimum absolute atomic E-state index is 0.270. The number of anilines is 1. The second kappa shape index (κ2) is 6.84. The minimum atomic E-state index is -1.02. The Balaban J connectivity index is 1.95. The van der Waals surface area contributed by atoms with E-state index in [1.807, 2.05) is 0 Å². The predicted octanol–water partition coefficient (Wildman–Crippen LogP) is 1.92. The molecule has 0 spiro atoms. The van der Waals surface area contributed by atoms with Crippen molar-refractivity contribution in [3.05, 3.63) is 47.9 Å². The lowest BCUT2D eigenvalue weighted by atomic mass is 10.00. The molecule has 6 nitrogen and oxygen atoms in total. The molecule has 0 radical (unpaired) electrons. The van der Waals surface area contributed by atoms with Gasteiger partial charge in [0.25, 0.3) is 0 Å². The van der Waals surface area contributed by atoms with Crippen LogP contribution in [-0.4, -0.2) is 26.8 Å². The summed E-state index contributed by atoms with van der Waals surface area (Å²) in [4.78, 5) is 22.6. The average Bonchev–Trinajstić information content (AvgIpc) is 2.87. The second-order valence-corrected chi connectivity index (χ2v) is 4.98. The second-order valence-electron chi connectivity index (χ2n) is 4.98. The van der Waals surface area contributed by atoms with Crippen LogP contribution in [0.2, 0.25) is 0 Å². The van der Waals surface area contributed by atoms with E-state index < -0.39 is 11.9 Å². The summed E-state index contributed by atoms with van der Waals surface area (Å²) in [5.41, 5.74) is 0.474. The molecule has 1 atom stereocenters. The molecule has 0 fully saturated rings. The number of aliphatic carboxylic acids is 1. The van der Waals surface area contributed by atoms with Gasteiger partial charge in [0.05, 0.1) is 0 Å². The zero-order chi connectivity index (χ0) is 16.1. The van der Waals surface area contributed by atoms with Gasteiger partial charge in [-0.15, -0.1) is 0 Å². The fourth-order valence-electron chi connectivity index (χ4n) is 1.99. The first kappa shape index (κ1) is 15.7. The third-order valence-electron chi connectivity index (χ3n) is 3.12. The van der Waals surface area contributed by atoms with Crippen molar-refractivity contribution in [2.24, 2.45) is 5.92 Å². The van der Waals surface area contributed by atoms with E-state index in [-0.39, 0.29) is 30.5 Å². The summed E-state index contributed by atoms with van der Waals surface area (Å²) in [5, 5.41) is 15.2. The maximum absolute atomic E-state index is 13.6. The topological polar surface area (TPSA) is 84.2 Å². The first-order valence-electron chi connectivity index (χ1n) is 6.75. The molecule has 1 heterocycles. The Bertz CT molecular complexity index is 684. The van der Waals surface area contributed by atoms with Crippen LogP contribution in [0.15, 0.2) is 36.5 Å². The van der Waals surface area contributed by atoms with Gasteiger partial charge in [0, 0.05) is 18.2 Å². The van der Waals surface area contributed by atoms with Crippen LogP contribution in [0.3, 0.4) is 0 Å². The van der Waals surface area contributed by atoms with E-state index in [4.69, 9.17) is 5.11 Å². The number of nitrogens with zero attached hydrogens (tertiary/aromatic N) is 2. The highest BCUT2D eigenvalue weighted by molar-refractivity contribution is 5.91. The van der Waals surface area contributed by atoms with Gasteiger partial charge in [-0.2, -0.15) is 5.10 Å². The number of halogens is 1. The molecule has 2 aromatic rings. The Hall–Kier alpha value is -2.70. The number of aromatic nitrogens is 2. The SMILES string of the molecule is CC(Cc1ccccc1F)C(=O)Nc1ccn(CC(=O)O)n1. The molecule has 0 bridgehead atoms. The number of hydrogen-bond donors (Lipinski definition) is 2. The lowest BCUT2D eigenvalue weighted by molar-refractivity contribution is -0.137. The molecule has 116 valence electrons. The molecule has 1 aromatic carbocycles. The maximum Gasteiger partial charge on any atom is 0.325 e. The highest BCUT2D eigenvalue weighted by Gasteiger charge is 2.16. The summed E-state index contributed by atoms with van der Waals surface area (Å²) in [6, 6.07) is 7.82. The van der Waals surface area contributed by atoms with E-state index in [0.29, 0.717) is 5.56 Å². The van der Waals surface area contributed by atoms with E-state index in [1.54, 1.807) is 25.1 Å². The maximum atomic E-state index is 13.6. The Morgan fingerprint density at radius 1 is 1.36 bits per heavy atom. The number of carboxylic acids is 1. The Kier molecular flexibility index (Phi) is 4.88. The summed E-state index contributed by atoms with van der Waals surface area (Å²) in [6.45, 7) is 1.41. The molecule has 0 saturated carbocycles. The van der Waals surface area contributed by atoms with Gasteiger partial charge in [-0.25, -0.2) is 4.39 Å². The smallest absolute Gasteiger partial charge is 0.325 e. The molecule has 1 aromatic heterocycles. The van der Waals surface area contributed by atoms with Gasteiger partial charge in [-0.05, 0) is 18.1 Å². The van der Waals surface area contributed by atoms with Gasteiger partial charge in [-0.1, -0.05) is 25.1 Å². The van der Waals surface area contributed by atoms with Crippen LogP contribution in [0, 0.1) is 11.7 Å². The molecule has 2 N–H and O–H groups in total. The van der Waals surface area contributed by atoms with Gasteiger partial charge >= 0.3 is 5.97 Å². The highest BCUT2D eigenvalue weighted by atomic mass is 19.1. The van der Waals surface area contributed by atoms with Gasteiger partial charge in [0.15, 0.2) is 5.82 Å². The van der Waals surface area contributed by atoms with Crippen molar-refractivity contribution in [3.8, 4) is 0 Å². The van der Waals surface area contributed by atoms with Crippen molar-refractivity contribution in [3.63, 3.8) is 0 Å². The summed E-state index contributed by atoms with van der Waals surface area (Å²) < 4.78 is 14.8. The molecule has 2 rings (SSSR count). The minimum Gasteiger partial charge on any atom is -0.480 e. The van der Waals surface area contributed by atoms with E-state index in [0.717, 1.165) is 0 Å². The zero-order valence-electron chi connectivity index (χ0n) is 12.0. The van der Waals surface area contributed by atoms with Gasteiger partial charge in [0.2, 0.25) is 5.91 Å². The van der Waals surface area contributed by atoms with E-state index in [1.165, 1.54) is 23.0 Å². The summed E-state index contributed by atoms with van der Waals surface area (Å²) >= 11 is 0. The molecule has 0 saturated heterocycles. The van der Waals surface area contributed by atoms with Crippen LogP contribution in [0.25, 0.3) is 0 Å². The molecule has 0 aliphatic heterocycles. The van der Waals surface area contributed by atoms with Crippen LogP contribution in [0.1, 0.15) is 12.5 Å². The van der Waals surface area contributed by atoms with Crippen molar-refractivity contribution < 1.29 is 19.1 Å². The largest absolute Gasteiger partial charge is 0.480 e. The van der Waals surface area contributed by atoms with Crippen molar-refractivity contribution in [1.29, 1.82) is 0 Å². The number of hydrogen-bond acceptors (Lipinski definition) is 3. The van der Waals surface area contributed by atoms with E-state index in [2.05, 4.69) is 10.4 Å². The standard InChI is InChI=1S/C15H16FN3O3/c1-10(8-11-4-2-3-5-12(11)16)15(22)17-13-6-7-19(18-13)9-14(20)21/h2-7,10H,8-9H2,1H3,(H,20,21)(H,17,18,22). The molecule has 0 aliphatic carbocycles. The quantitative estimate of drug-likeness (QED) is 0.854. The van der Waals surface area contributed by atoms with Gasteiger partial charge in [0.1, 0.15) is 12.4 Å². The first-order chi connectivity index (χ1) is 10.5. The van der Waals surface area contributed by atoms with Crippen molar-refractivity contribution in [2.45, 2.75) is 19.9 Å². The number of rotatable bonds is 6. The molecular formula is C15H16FN3O3. The lowest BCUT2D eigenvalue weighted by Gasteiger charge is -2.11. The number of amides is 1. The number of carbonyl (C=O) groups excluding carboxylic acids is 1. The summed E-state index contributed by atoms with van der Waals surface area (Å²) in [5.74, 6) is -1.83. The van der Waals surface area contributed by atoms with Crippen molar-refractivity contribution >= 4 is 17.7 Å². The lowest BCUT2D eigenvalue weighted by Crippen LogP contribution is -2.23. The first-order valence-corrected chi connectivity index (χ1v) is 6.75. The molecular weight excluding hydrogens is 289 g/mol. The normalized spacial score (nSPS) is 11.9. The summed E-state index contributed by atoms with van der Waals surface area (Å²) in [6.07, 6.45) is 1.74. The Morgan fingerprint density at radius 3 is 2.77 bits per heavy atom. The molecule has 1 unspecified atom stereocenters. The molecule has 0 aliphatic rings. The van der Waals surface area contributed by atoms with Crippen LogP contribution >= 0.6 is 0 Å². The van der Waals surface area contributed by atoms with Crippen LogP contribution in [-0.2, 0) is 22.6 Å². The van der Waals surface area contributed by atoms with Crippen molar-refractivity contribution in [1.82, 2.24) is 9.78 Å². The van der Waals surface area contributed by atoms with E-state index >= 15 is 0 Å². The highest BCUT2D eigenvalue weighted by Crippen LogP contribution is 2.14. The van der Waals surface area contributed by atoms with Crippen LogP contribution in [0.5, 0.6) is 0 Å². The van der Waals surface area contributed by atoms with E-state index in [9.17, 15) is 14.0 Å². The fourth-order valence-corrected chi connectivity index (χ4v) is 1.99. The predicted molar refractivity (Wildman–Crippen MR) is 77.8 cm³/mol. The monoisotopic (exact) mass is 305 g/mol. The Morgan fingerprint density at radius 2 is 2.09 bits per heavy atom. The number of nitrogens with one attached hydrogen (secondary N) is 1. The van der Waals surface area contributed by atoms with Gasteiger partial charge < -0.3 is 10.4 Å². The molecule has 22 heavy (non-hydrogen) atoms. The third kappa shape index (κ3) is 4.15. The number of benzene rings is 1. The van der Waals surface area contributed by atoms with Crippen molar-refractivity contribution in [2.75, 3.05) is 5.32 Å². The van der Waals surface area contributed by atoms with Crippen LogP contribution in [0.4, 0.5) is 10.2 Å².